The molecule has 0 aliphatic heterocycles. The molecule has 0 saturated heterocycles. The van der Waals surface area contributed by atoms with Gasteiger partial charge in [0.15, 0.2) is 5.78 Å². The molecule has 0 aliphatic carbocycles. The fraction of sp³-hybridized carbons (Fsp3) is 0.188. The number of nitrogens with two attached hydrogens (primary N) is 1. The van der Waals surface area contributed by atoms with E-state index in [0.717, 1.165) is 12.8 Å². The monoisotopic (exact) mass is 307 g/mol. The van der Waals surface area contributed by atoms with Crippen molar-refractivity contribution in [1.29, 1.82) is 0 Å². The molecule has 0 unspecified atom stereocenters. The number of nitrogen functional groups attached to an aromatic ring is 1. The number of aryl methyl sites for hydroxylation is 1. The SMILES string of the molecule is CCCc1ccc(C(=O)c2cc(N)cc(Cl)c2Cl)cc1. The Labute approximate surface area is 128 Å². The fourth-order valence-corrected chi connectivity index (χ4v) is 2.46. The number of carbonyl (C=O) groups is 1. The average molecular weight is 308 g/mol. The molecule has 0 radical (unpaired) electrons. The van der Waals surface area contributed by atoms with Crippen LogP contribution in [0.15, 0.2) is 36.4 Å². The molecule has 0 bridgehead atoms. The third-order valence-corrected chi connectivity index (χ3v) is 3.85. The number of hydrogen-bond donors (Lipinski definition) is 1. The maximum absolute atomic E-state index is 12.4. The van der Waals surface area contributed by atoms with Gasteiger partial charge >= 0.3 is 0 Å². The highest BCUT2D eigenvalue weighted by atomic mass is 35.5. The van der Waals surface area contributed by atoms with Crippen molar-refractivity contribution in [2.75, 3.05) is 5.73 Å². The molecule has 0 atom stereocenters. The summed E-state index contributed by atoms with van der Waals surface area (Å²) in [5.41, 5.74) is 8.25. The van der Waals surface area contributed by atoms with Crippen LogP contribution in [0.3, 0.4) is 0 Å². The number of carbonyl (C=O) groups excluding carboxylic acids is 1. The second kappa shape index (κ2) is 6.29. The Hall–Kier alpha value is -1.51. The summed E-state index contributed by atoms with van der Waals surface area (Å²) >= 11 is 12.0. The van der Waals surface area contributed by atoms with Gasteiger partial charge in [-0.3, -0.25) is 4.79 Å². The number of rotatable bonds is 4. The van der Waals surface area contributed by atoms with E-state index in [-0.39, 0.29) is 15.8 Å². The third kappa shape index (κ3) is 3.14. The van der Waals surface area contributed by atoms with Crippen molar-refractivity contribution >= 4 is 34.7 Å². The first-order valence-electron chi connectivity index (χ1n) is 6.41. The second-order valence-corrected chi connectivity index (χ2v) is 5.43. The molecule has 2 N–H and O–H groups in total. The third-order valence-electron chi connectivity index (χ3n) is 3.05. The molecule has 2 aromatic carbocycles. The number of anilines is 1. The minimum absolute atomic E-state index is 0.174. The molecule has 2 nitrogen and oxygen atoms in total. The number of benzene rings is 2. The molecular formula is C16H15Cl2NO. The number of ketones is 1. The minimum atomic E-state index is -0.174. The van der Waals surface area contributed by atoms with Gasteiger partial charge in [-0.1, -0.05) is 60.8 Å². The first kappa shape index (κ1) is 14.9. The predicted octanol–water partition coefficient (Wildman–Crippen LogP) is 4.76. The highest BCUT2D eigenvalue weighted by Gasteiger charge is 2.16. The highest BCUT2D eigenvalue weighted by molar-refractivity contribution is 6.44. The van der Waals surface area contributed by atoms with Crippen LogP contribution in [0.1, 0.15) is 34.8 Å². The molecule has 2 aromatic rings. The lowest BCUT2D eigenvalue weighted by Crippen LogP contribution is -2.04. The van der Waals surface area contributed by atoms with Crippen LogP contribution in [0, 0.1) is 0 Å². The van der Waals surface area contributed by atoms with Crippen molar-refractivity contribution in [3.8, 4) is 0 Å². The van der Waals surface area contributed by atoms with Gasteiger partial charge in [-0.15, -0.1) is 0 Å². The van der Waals surface area contributed by atoms with Crippen LogP contribution in [-0.2, 0) is 6.42 Å². The van der Waals surface area contributed by atoms with Gasteiger partial charge in [0.2, 0.25) is 0 Å². The molecule has 0 aromatic heterocycles. The first-order valence-corrected chi connectivity index (χ1v) is 7.16. The van der Waals surface area contributed by atoms with Crippen LogP contribution in [-0.4, -0.2) is 5.78 Å². The molecule has 20 heavy (non-hydrogen) atoms. The maximum Gasteiger partial charge on any atom is 0.194 e. The minimum Gasteiger partial charge on any atom is -0.399 e. The fourth-order valence-electron chi connectivity index (χ4n) is 2.04. The maximum atomic E-state index is 12.4. The van der Waals surface area contributed by atoms with Crippen LogP contribution in [0.2, 0.25) is 10.0 Å². The summed E-state index contributed by atoms with van der Waals surface area (Å²) in [5, 5.41) is 0.529. The van der Waals surface area contributed by atoms with Crippen LogP contribution in [0.25, 0.3) is 0 Å². The molecule has 0 fully saturated rings. The van der Waals surface area contributed by atoms with Gasteiger partial charge in [0, 0.05) is 16.8 Å². The Morgan fingerprint density at radius 3 is 2.40 bits per heavy atom. The molecule has 0 spiro atoms. The van der Waals surface area contributed by atoms with E-state index in [1.54, 1.807) is 18.2 Å². The largest absolute Gasteiger partial charge is 0.399 e. The van der Waals surface area contributed by atoms with Gasteiger partial charge < -0.3 is 5.73 Å². The Morgan fingerprint density at radius 2 is 1.80 bits per heavy atom. The van der Waals surface area contributed by atoms with Gasteiger partial charge in [-0.25, -0.2) is 0 Å². The summed E-state index contributed by atoms with van der Waals surface area (Å²) in [6, 6.07) is 10.6. The summed E-state index contributed by atoms with van der Waals surface area (Å²) < 4.78 is 0. The zero-order valence-corrected chi connectivity index (χ0v) is 12.6. The van der Waals surface area contributed by atoms with Crippen molar-refractivity contribution in [2.45, 2.75) is 19.8 Å². The zero-order valence-electron chi connectivity index (χ0n) is 11.1. The normalized spacial score (nSPS) is 10.6. The molecule has 0 aliphatic rings. The summed E-state index contributed by atoms with van der Waals surface area (Å²) in [6.07, 6.45) is 2.07. The van der Waals surface area contributed by atoms with E-state index in [1.807, 2.05) is 12.1 Å². The molecule has 4 heteroatoms. The van der Waals surface area contributed by atoms with Crippen LogP contribution >= 0.6 is 23.2 Å². The number of halogens is 2. The van der Waals surface area contributed by atoms with Gasteiger partial charge in [-0.05, 0) is 24.1 Å². The average Bonchev–Trinajstić information content (AvgIpc) is 2.43. The van der Waals surface area contributed by atoms with Crippen LogP contribution in [0.5, 0.6) is 0 Å². The summed E-state index contributed by atoms with van der Waals surface area (Å²) in [7, 11) is 0. The lowest BCUT2D eigenvalue weighted by molar-refractivity contribution is 0.103. The summed E-state index contributed by atoms with van der Waals surface area (Å²) in [4.78, 5) is 12.4. The van der Waals surface area contributed by atoms with Gasteiger partial charge in [-0.2, -0.15) is 0 Å². The zero-order chi connectivity index (χ0) is 14.7. The van der Waals surface area contributed by atoms with Gasteiger partial charge in [0.25, 0.3) is 0 Å². The van der Waals surface area contributed by atoms with E-state index in [9.17, 15) is 4.79 Å². The molecule has 0 heterocycles. The molecule has 0 amide bonds. The van der Waals surface area contributed by atoms with Crippen molar-refractivity contribution in [1.82, 2.24) is 0 Å². The molecule has 104 valence electrons. The van der Waals surface area contributed by atoms with Gasteiger partial charge in [0.05, 0.1) is 10.0 Å². The number of hydrogen-bond acceptors (Lipinski definition) is 2. The first-order chi connectivity index (χ1) is 9.52. The second-order valence-electron chi connectivity index (χ2n) is 4.64. The Bertz CT molecular complexity index is 636. The lowest BCUT2D eigenvalue weighted by Gasteiger charge is -2.07. The smallest absolute Gasteiger partial charge is 0.194 e. The Morgan fingerprint density at radius 1 is 1.15 bits per heavy atom. The quantitative estimate of drug-likeness (QED) is 0.653. The van der Waals surface area contributed by atoms with Crippen molar-refractivity contribution in [2.24, 2.45) is 0 Å². The lowest BCUT2D eigenvalue weighted by atomic mass is 10.0. The summed E-state index contributed by atoms with van der Waals surface area (Å²) in [5.74, 6) is -0.174. The topological polar surface area (TPSA) is 43.1 Å². The van der Waals surface area contributed by atoms with Gasteiger partial charge in [0.1, 0.15) is 0 Å². The van der Waals surface area contributed by atoms with Crippen molar-refractivity contribution in [3.63, 3.8) is 0 Å². The highest BCUT2D eigenvalue weighted by Crippen LogP contribution is 2.30. The Balaban J connectivity index is 2.36. The Kier molecular flexibility index (Phi) is 4.69. The van der Waals surface area contributed by atoms with Crippen LogP contribution < -0.4 is 5.73 Å². The predicted molar refractivity (Wildman–Crippen MR) is 84.7 cm³/mol. The summed E-state index contributed by atoms with van der Waals surface area (Å²) in [6.45, 7) is 2.12. The van der Waals surface area contributed by atoms with Crippen molar-refractivity contribution in [3.05, 3.63) is 63.1 Å². The molecule has 2 rings (SSSR count). The molecule has 0 saturated carbocycles. The standard InChI is InChI=1S/C16H15Cl2NO/c1-2-3-10-4-6-11(7-5-10)16(20)13-8-12(19)9-14(17)15(13)18/h4-9H,2-3,19H2,1H3. The van der Waals surface area contributed by atoms with E-state index >= 15 is 0 Å². The van der Waals surface area contributed by atoms with E-state index in [2.05, 4.69) is 6.92 Å². The van der Waals surface area contributed by atoms with Crippen LogP contribution in [0.4, 0.5) is 5.69 Å². The van der Waals surface area contributed by atoms with E-state index in [1.165, 1.54) is 11.6 Å². The van der Waals surface area contributed by atoms with Crippen molar-refractivity contribution < 1.29 is 4.79 Å². The van der Waals surface area contributed by atoms with E-state index in [4.69, 9.17) is 28.9 Å². The molecular weight excluding hydrogens is 293 g/mol. The van der Waals surface area contributed by atoms with E-state index in [0.29, 0.717) is 16.8 Å². The van der Waals surface area contributed by atoms with E-state index < -0.39 is 0 Å².